The fourth-order valence-electron chi connectivity index (χ4n) is 3.48. The predicted molar refractivity (Wildman–Crippen MR) is 86.3 cm³/mol. The van der Waals surface area contributed by atoms with Crippen LogP contribution in [0.15, 0.2) is 10.5 Å². The molecule has 6 heteroatoms. The van der Waals surface area contributed by atoms with Gasteiger partial charge in [0.1, 0.15) is 11.5 Å². The number of aryl methyl sites for hydroxylation is 2. The smallest absolute Gasteiger partial charge is 0.255 e. The van der Waals surface area contributed by atoms with Crippen molar-refractivity contribution < 1.29 is 14.0 Å². The van der Waals surface area contributed by atoms with Crippen molar-refractivity contribution >= 4 is 11.8 Å². The predicted octanol–water partition coefficient (Wildman–Crippen LogP) is 1.37. The fourth-order valence-corrected chi connectivity index (χ4v) is 3.48. The van der Waals surface area contributed by atoms with E-state index < -0.39 is 0 Å². The summed E-state index contributed by atoms with van der Waals surface area (Å²) >= 11 is 0. The number of piperidine rings is 1. The number of furan rings is 1. The first kappa shape index (κ1) is 16.1. The molecule has 1 unspecified atom stereocenters. The van der Waals surface area contributed by atoms with Crippen molar-refractivity contribution in [3.8, 4) is 0 Å². The van der Waals surface area contributed by atoms with Crippen molar-refractivity contribution in [2.75, 3.05) is 19.6 Å². The zero-order chi connectivity index (χ0) is 16.4. The third kappa shape index (κ3) is 3.58. The normalized spacial score (nSPS) is 22.3. The topological polar surface area (TPSA) is 74.6 Å². The Bertz CT molecular complexity index is 582. The lowest BCUT2D eigenvalue weighted by Gasteiger charge is -2.33. The molecule has 6 nitrogen and oxygen atoms in total. The van der Waals surface area contributed by atoms with E-state index in [1.165, 1.54) is 0 Å². The number of rotatable bonds is 3. The fraction of sp³-hybridized carbons (Fsp3) is 0.647. The van der Waals surface area contributed by atoms with Gasteiger partial charge >= 0.3 is 0 Å². The standard InChI is InChI=1S/C17H25N3O3/c1-11-10-14(12(2)23-11)16(21)19-13-5-8-20(9-6-13)17(22)15-4-3-7-18-15/h10,13,15,18H,3-9H2,1-2H3,(H,19,21). The second-order valence-corrected chi connectivity index (χ2v) is 6.55. The summed E-state index contributed by atoms with van der Waals surface area (Å²) in [7, 11) is 0. The molecule has 2 amide bonds. The highest BCUT2D eigenvalue weighted by molar-refractivity contribution is 5.95. The molecule has 0 radical (unpaired) electrons. The van der Waals surface area contributed by atoms with E-state index in [9.17, 15) is 9.59 Å². The molecule has 1 aromatic rings. The van der Waals surface area contributed by atoms with Crippen molar-refractivity contribution in [3.63, 3.8) is 0 Å². The maximum absolute atomic E-state index is 12.4. The van der Waals surface area contributed by atoms with Gasteiger partial charge in [0.05, 0.1) is 11.6 Å². The number of likely N-dealkylation sites (tertiary alicyclic amines) is 1. The Hall–Kier alpha value is -1.82. The highest BCUT2D eigenvalue weighted by atomic mass is 16.3. The van der Waals surface area contributed by atoms with Crippen LogP contribution >= 0.6 is 0 Å². The molecule has 0 bridgehead atoms. The van der Waals surface area contributed by atoms with Crippen LogP contribution in [0.2, 0.25) is 0 Å². The molecule has 0 saturated carbocycles. The summed E-state index contributed by atoms with van der Waals surface area (Å²) in [4.78, 5) is 26.6. The first-order chi connectivity index (χ1) is 11.0. The molecule has 2 aliphatic heterocycles. The van der Waals surface area contributed by atoms with Gasteiger partial charge in [0.25, 0.3) is 5.91 Å². The highest BCUT2D eigenvalue weighted by Crippen LogP contribution is 2.17. The zero-order valence-corrected chi connectivity index (χ0v) is 13.9. The van der Waals surface area contributed by atoms with Gasteiger partial charge in [-0.15, -0.1) is 0 Å². The van der Waals surface area contributed by atoms with Crippen LogP contribution in [0.1, 0.15) is 47.6 Å². The summed E-state index contributed by atoms with van der Waals surface area (Å²) in [5, 5.41) is 6.32. The molecule has 2 N–H and O–H groups in total. The first-order valence-corrected chi connectivity index (χ1v) is 8.44. The largest absolute Gasteiger partial charge is 0.466 e. The lowest BCUT2D eigenvalue weighted by Crippen LogP contribution is -2.50. The number of carbonyl (C=O) groups is 2. The number of nitrogens with one attached hydrogen (secondary N) is 2. The Kier molecular flexibility index (Phi) is 4.71. The van der Waals surface area contributed by atoms with E-state index in [0.29, 0.717) is 24.4 Å². The number of nitrogens with zero attached hydrogens (tertiary/aromatic N) is 1. The second kappa shape index (κ2) is 6.74. The van der Waals surface area contributed by atoms with Gasteiger partial charge in [-0.1, -0.05) is 0 Å². The Balaban J connectivity index is 1.50. The first-order valence-electron chi connectivity index (χ1n) is 8.44. The molecule has 3 heterocycles. The van der Waals surface area contributed by atoms with Crippen LogP contribution in [-0.2, 0) is 4.79 Å². The van der Waals surface area contributed by atoms with Gasteiger partial charge in [-0.25, -0.2) is 0 Å². The SMILES string of the molecule is Cc1cc(C(=O)NC2CCN(C(=O)C3CCCN3)CC2)c(C)o1. The molecule has 0 aliphatic carbocycles. The van der Waals surface area contributed by atoms with Crippen molar-refractivity contribution in [3.05, 3.63) is 23.2 Å². The highest BCUT2D eigenvalue weighted by Gasteiger charge is 2.30. The summed E-state index contributed by atoms with van der Waals surface area (Å²) in [6.07, 6.45) is 3.63. The van der Waals surface area contributed by atoms with Gasteiger partial charge in [-0.3, -0.25) is 9.59 Å². The monoisotopic (exact) mass is 319 g/mol. The average molecular weight is 319 g/mol. The zero-order valence-electron chi connectivity index (χ0n) is 13.9. The molecule has 23 heavy (non-hydrogen) atoms. The van der Waals surface area contributed by atoms with Crippen molar-refractivity contribution in [2.45, 2.75) is 51.6 Å². The molecule has 2 fully saturated rings. The molecule has 0 spiro atoms. The van der Waals surface area contributed by atoms with E-state index in [0.717, 1.165) is 38.0 Å². The Morgan fingerprint density at radius 1 is 1.26 bits per heavy atom. The maximum atomic E-state index is 12.4. The molecule has 2 saturated heterocycles. The minimum atomic E-state index is -0.0819. The molecular formula is C17H25N3O3. The third-order valence-electron chi connectivity index (χ3n) is 4.79. The number of amides is 2. The minimum absolute atomic E-state index is 0.00213. The van der Waals surface area contributed by atoms with Gasteiger partial charge in [0, 0.05) is 19.1 Å². The van der Waals surface area contributed by atoms with Gasteiger partial charge in [0.2, 0.25) is 5.91 Å². The summed E-state index contributed by atoms with van der Waals surface area (Å²) < 4.78 is 5.41. The van der Waals surface area contributed by atoms with Crippen LogP contribution in [0.4, 0.5) is 0 Å². The lowest BCUT2D eigenvalue weighted by atomic mass is 10.0. The van der Waals surface area contributed by atoms with Crippen LogP contribution in [-0.4, -0.2) is 48.4 Å². The van der Waals surface area contributed by atoms with E-state index in [4.69, 9.17) is 4.42 Å². The molecule has 2 aliphatic rings. The van der Waals surface area contributed by atoms with Gasteiger partial charge in [-0.2, -0.15) is 0 Å². The Morgan fingerprint density at radius 2 is 2.00 bits per heavy atom. The van der Waals surface area contributed by atoms with Gasteiger partial charge in [-0.05, 0) is 52.1 Å². The Labute approximate surface area is 136 Å². The average Bonchev–Trinajstić information content (AvgIpc) is 3.17. The number of hydrogen-bond donors (Lipinski definition) is 2. The third-order valence-corrected chi connectivity index (χ3v) is 4.79. The second-order valence-electron chi connectivity index (χ2n) is 6.55. The van der Waals surface area contributed by atoms with E-state index >= 15 is 0 Å². The van der Waals surface area contributed by atoms with Crippen LogP contribution in [0.25, 0.3) is 0 Å². The summed E-state index contributed by atoms with van der Waals surface area (Å²) in [5.41, 5.74) is 0.608. The van der Waals surface area contributed by atoms with Crippen molar-refractivity contribution in [1.29, 1.82) is 0 Å². The van der Waals surface area contributed by atoms with Crippen LogP contribution < -0.4 is 10.6 Å². The number of carbonyl (C=O) groups excluding carboxylic acids is 2. The quantitative estimate of drug-likeness (QED) is 0.882. The van der Waals surface area contributed by atoms with Gasteiger partial charge in [0.15, 0.2) is 0 Å². The molecule has 0 aromatic carbocycles. The molecule has 3 rings (SSSR count). The van der Waals surface area contributed by atoms with Crippen LogP contribution in [0.5, 0.6) is 0 Å². The van der Waals surface area contributed by atoms with E-state index in [-0.39, 0.29) is 23.9 Å². The number of hydrogen-bond acceptors (Lipinski definition) is 4. The van der Waals surface area contributed by atoms with Gasteiger partial charge < -0.3 is 20.0 Å². The minimum Gasteiger partial charge on any atom is -0.466 e. The van der Waals surface area contributed by atoms with E-state index in [1.807, 2.05) is 11.8 Å². The lowest BCUT2D eigenvalue weighted by molar-refractivity contribution is -0.134. The van der Waals surface area contributed by atoms with E-state index in [1.54, 1.807) is 13.0 Å². The van der Waals surface area contributed by atoms with Crippen LogP contribution in [0.3, 0.4) is 0 Å². The molecule has 126 valence electrons. The molecule has 1 atom stereocenters. The van der Waals surface area contributed by atoms with Crippen molar-refractivity contribution in [2.24, 2.45) is 0 Å². The van der Waals surface area contributed by atoms with E-state index in [2.05, 4.69) is 10.6 Å². The van der Waals surface area contributed by atoms with Crippen molar-refractivity contribution in [1.82, 2.24) is 15.5 Å². The molecule has 1 aromatic heterocycles. The summed E-state index contributed by atoms with van der Waals surface area (Å²) in [6, 6.07) is 1.89. The maximum Gasteiger partial charge on any atom is 0.255 e. The summed E-state index contributed by atoms with van der Waals surface area (Å²) in [6.45, 7) is 6.01. The van der Waals surface area contributed by atoms with Crippen LogP contribution in [0, 0.1) is 13.8 Å². The molecular weight excluding hydrogens is 294 g/mol. The Morgan fingerprint density at radius 3 is 2.57 bits per heavy atom. The summed E-state index contributed by atoms with van der Waals surface area (Å²) in [5.74, 6) is 1.53.